The van der Waals surface area contributed by atoms with Crippen LogP contribution in [0.3, 0.4) is 0 Å². The Morgan fingerprint density at radius 2 is 1.79 bits per heavy atom. The number of piperidine rings is 1. The molecule has 0 spiro atoms. The Morgan fingerprint density at radius 1 is 1.18 bits per heavy atom. The lowest BCUT2D eigenvalue weighted by Gasteiger charge is -2.39. The first-order valence-electron chi connectivity index (χ1n) is 9.93. The van der Waals surface area contributed by atoms with Gasteiger partial charge in [0.25, 0.3) is 5.91 Å². The molecule has 4 amide bonds. The SMILES string of the molecule is CC[C@]1(c2ccc(OC)cc2)NC(=O)N(CC(=O)N2[C@H](C)CCC[C@H]2C)C1=O. The van der Waals surface area contributed by atoms with Crippen LogP contribution in [0.25, 0.3) is 0 Å². The highest BCUT2D eigenvalue weighted by Crippen LogP contribution is 2.33. The zero-order chi connectivity index (χ0) is 20.5. The van der Waals surface area contributed by atoms with E-state index in [1.807, 2.05) is 25.7 Å². The number of imide groups is 1. The van der Waals surface area contributed by atoms with Crippen molar-refractivity contribution in [2.45, 2.75) is 64.1 Å². The first kappa shape index (κ1) is 20.2. The van der Waals surface area contributed by atoms with Crippen molar-refractivity contribution in [2.24, 2.45) is 0 Å². The largest absolute Gasteiger partial charge is 0.497 e. The van der Waals surface area contributed by atoms with Crippen molar-refractivity contribution in [1.29, 1.82) is 0 Å². The molecule has 0 aliphatic carbocycles. The van der Waals surface area contributed by atoms with Gasteiger partial charge in [-0.05, 0) is 57.2 Å². The predicted octanol–water partition coefficient (Wildman–Crippen LogP) is 2.64. The Morgan fingerprint density at radius 3 is 2.32 bits per heavy atom. The summed E-state index contributed by atoms with van der Waals surface area (Å²) in [5, 5.41) is 2.83. The second-order valence-electron chi connectivity index (χ2n) is 7.74. The molecule has 2 aliphatic rings. The lowest BCUT2D eigenvalue weighted by Crippen LogP contribution is -2.52. The smallest absolute Gasteiger partial charge is 0.325 e. The molecule has 0 radical (unpaired) electrons. The van der Waals surface area contributed by atoms with Crippen LogP contribution in [-0.2, 0) is 15.1 Å². The molecule has 152 valence electrons. The summed E-state index contributed by atoms with van der Waals surface area (Å²) in [6.07, 6.45) is 3.37. The van der Waals surface area contributed by atoms with Gasteiger partial charge in [-0.3, -0.25) is 14.5 Å². The molecular weight excluding hydrogens is 358 g/mol. The summed E-state index contributed by atoms with van der Waals surface area (Å²) in [4.78, 5) is 41.7. The quantitative estimate of drug-likeness (QED) is 0.788. The third kappa shape index (κ3) is 3.34. The molecule has 2 saturated heterocycles. The number of amides is 4. The maximum atomic E-state index is 13.2. The first-order valence-corrected chi connectivity index (χ1v) is 9.93. The van der Waals surface area contributed by atoms with Gasteiger partial charge in [0.2, 0.25) is 5.91 Å². The topological polar surface area (TPSA) is 79.0 Å². The van der Waals surface area contributed by atoms with Gasteiger partial charge in [0, 0.05) is 12.1 Å². The first-order chi connectivity index (χ1) is 13.3. The van der Waals surface area contributed by atoms with Gasteiger partial charge in [-0.15, -0.1) is 0 Å². The van der Waals surface area contributed by atoms with Crippen molar-refractivity contribution < 1.29 is 19.1 Å². The maximum absolute atomic E-state index is 13.2. The summed E-state index contributed by atoms with van der Waals surface area (Å²) in [5.74, 6) is 0.118. The summed E-state index contributed by atoms with van der Waals surface area (Å²) >= 11 is 0. The molecule has 2 fully saturated rings. The molecule has 1 aromatic carbocycles. The highest BCUT2D eigenvalue weighted by Gasteiger charge is 2.52. The summed E-state index contributed by atoms with van der Waals surface area (Å²) in [5.41, 5.74) is -0.466. The number of urea groups is 1. The van der Waals surface area contributed by atoms with Crippen LogP contribution in [0.4, 0.5) is 4.79 Å². The molecule has 0 bridgehead atoms. The second kappa shape index (κ2) is 7.81. The molecule has 2 aliphatic heterocycles. The van der Waals surface area contributed by atoms with E-state index in [1.54, 1.807) is 31.4 Å². The normalized spacial score (nSPS) is 27.7. The number of ether oxygens (including phenoxy) is 1. The Balaban J connectivity index is 1.82. The van der Waals surface area contributed by atoms with Crippen molar-refractivity contribution in [1.82, 2.24) is 15.1 Å². The van der Waals surface area contributed by atoms with Crippen LogP contribution in [0.15, 0.2) is 24.3 Å². The van der Waals surface area contributed by atoms with Gasteiger partial charge < -0.3 is 15.0 Å². The molecule has 2 heterocycles. The molecule has 0 unspecified atom stereocenters. The number of nitrogens with one attached hydrogen (secondary N) is 1. The summed E-state index contributed by atoms with van der Waals surface area (Å²) in [7, 11) is 1.57. The standard InChI is InChI=1S/C21H29N3O4/c1-5-21(16-9-11-17(28-4)12-10-16)19(26)23(20(27)22-21)13-18(25)24-14(2)7-6-8-15(24)3/h9-12,14-15H,5-8,13H2,1-4H3,(H,22,27)/t14-,15-,21-/m1/s1. The molecule has 0 aromatic heterocycles. The van der Waals surface area contributed by atoms with Crippen LogP contribution in [0.2, 0.25) is 0 Å². The molecule has 3 atom stereocenters. The number of nitrogens with zero attached hydrogens (tertiary/aromatic N) is 2. The Kier molecular flexibility index (Phi) is 5.63. The molecule has 1 N–H and O–H groups in total. The zero-order valence-corrected chi connectivity index (χ0v) is 17.0. The van der Waals surface area contributed by atoms with Gasteiger partial charge in [0.15, 0.2) is 0 Å². The number of carbonyl (C=O) groups excluding carboxylic acids is 3. The second-order valence-corrected chi connectivity index (χ2v) is 7.74. The zero-order valence-electron chi connectivity index (χ0n) is 17.0. The molecule has 1 aromatic rings. The minimum absolute atomic E-state index is 0.120. The minimum Gasteiger partial charge on any atom is -0.497 e. The lowest BCUT2D eigenvalue weighted by molar-refractivity contribution is -0.143. The van der Waals surface area contributed by atoms with Gasteiger partial charge in [0.05, 0.1) is 7.11 Å². The number of methoxy groups -OCH3 is 1. The predicted molar refractivity (Wildman–Crippen MR) is 105 cm³/mol. The fourth-order valence-corrected chi connectivity index (χ4v) is 4.41. The van der Waals surface area contributed by atoms with E-state index in [0.29, 0.717) is 17.7 Å². The van der Waals surface area contributed by atoms with Crippen LogP contribution < -0.4 is 10.1 Å². The monoisotopic (exact) mass is 387 g/mol. The number of carbonyl (C=O) groups is 3. The van der Waals surface area contributed by atoms with Crippen LogP contribution in [-0.4, -0.2) is 53.4 Å². The fourth-order valence-electron chi connectivity index (χ4n) is 4.41. The van der Waals surface area contributed by atoms with E-state index in [4.69, 9.17) is 4.74 Å². The highest BCUT2D eigenvalue weighted by atomic mass is 16.5. The van der Waals surface area contributed by atoms with Crippen molar-refractivity contribution in [3.05, 3.63) is 29.8 Å². The third-order valence-corrected chi connectivity index (χ3v) is 6.06. The number of hydrogen-bond donors (Lipinski definition) is 1. The Bertz CT molecular complexity index is 753. The molecule has 0 saturated carbocycles. The van der Waals surface area contributed by atoms with Crippen molar-refractivity contribution in [3.8, 4) is 5.75 Å². The minimum atomic E-state index is -1.15. The van der Waals surface area contributed by atoms with Crippen LogP contribution in [0.5, 0.6) is 5.75 Å². The molecule has 28 heavy (non-hydrogen) atoms. The maximum Gasteiger partial charge on any atom is 0.325 e. The van der Waals surface area contributed by atoms with Gasteiger partial charge in [-0.25, -0.2) is 4.79 Å². The van der Waals surface area contributed by atoms with E-state index < -0.39 is 11.6 Å². The van der Waals surface area contributed by atoms with Crippen LogP contribution >= 0.6 is 0 Å². The van der Waals surface area contributed by atoms with E-state index in [1.165, 1.54) is 0 Å². The van der Waals surface area contributed by atoms with Gasteiger partial charge in [-0.1, -0.05) is 19.1 Å². The van der Waals surface area contributed by atoms with Crippen molar-refractivity contribution in [3.63, 3.8) is 0 Å². The van der Waals surface area contributed by atoms with Crippen LogP contribution in [0.1, 0.15) is 52.0 Å². The molecule has 7 nitrogen and oxygen atoms in total. The van der Waals surface area contributed by atoms with Gasteiger partial charge in [0.1, 0.15) is 17.8 Å². The number of benzene rings is 1. The van der Waals surface area contributed by atoms with E-state index in [2.05, 4.69) is 5.32 Å². The lowest BCUT2D eigenvalue weighted by atomic mass is 9.87. The fraction of sp³-hybridized carbons (Fsp3) is 0.571. The molecule has 3 rings (SSSR count). The van der Waals surface area contributed by atoms with Crippen molar-refractivity contribution in [2.75, 3.05) is 13.7 Å². The Hall–Kier alpha value is -2.57. The molecule has 7 heteroatoms. The number of hydrogen-bond acceptors (Lipinski definition) is 4. The average molecular weight is 387 g/mol. The molecular formula is C21H29N3O4. The summed E-state index contributed by atoms with van der Waals surface area (Å²) in [6, 6.07) is 6.80. The van der Waals surface area contributed by atoms with E-state index in [9.17, 15) is 14.4 Å². The van der Waals surface area contributed by atoms with E-state index in [0.717, 1.165) is 24.2 Å². The average Bonchev–Trinajstić information content (AvgIpc) is 2.93. The van der Waals surface area contributed by atoms with Gasteiger partial charge in [-0.2, -0.15) is 0 Å². The number of rotatable bonds is 5. The van der Waals surface area contributed by atoms with Crippen molar-refractivity contribution >= 4 is 17.8 Å². The van der Waals surface area contributed by atoms with Gasteiger partial charge >= 0.3 is 6.03 Å². The highest BCUT2D eigenvalue weighted by molar-refractivity contribution is 6.09. The Labute approximate surface area is 166 Å². The van der Waals surface area contributed by atoms with E-state index in [-0.39, 0.29) is 30.4 Å². The summed E-state index contributed by atoms with van der Waals surface area (Å²) in [6.45, 7) is 5.67. The van der Waals surface area contributed by atoms with E-state index >= 15 is 0 Å². The summed E-state index contributed by atoms with van der Waals surface area (Å²) < 4.78 is 5.17. The number of likely N-dealkylation sites (tertiary alicyclic amines) is 1. The van der Waals surface area contributed by atoms with Crippen LogP contribution in [0, 0.1) is 0 Å². The third-order valence-electron chi connectivity index (χ3n) is 6.06.